The van der Waals surface area contributed by atoms with Crippen molar-refractivity contribution in [1.29, 1.82) is 0 Å². The quantitative estimate of drug-likeness (QED) is 0.772. The van der Waals surface area contributed by atoms with Crippen molar-refractivity contribution in [2.24, 2.45) is 5.92 Å². The normalized spacial score (nSPS) is 11.3. The van der Waals surface area contributed by atoms with Gasteiger partial charge in [0.15, 0.2) is 0 Å². The zero-order chi connectivity index (χ0) is 16.1. The highest BCUT2D eigenvalue weighted by molar-refractivity contribution is 5.89. The molecule has 0 spiro atoms. The highest BCUT2D eigenvalue weighted by Gasteiger charge is 2.14. The number of fused-ring (bicyclic) bond motifs is 1. The highest BCUT2D eigenvalue weighted by atomic mass is 16.1. The number of para-hydroxylation sites is 1. The molecule has 0 bridgehead atoms. The van der Waals surface area contributed by atoms with E-state index in [0.717, 1.165) is 36.1 Å². The summed E-state index contributed by atoms with van der Waals surface area (Å²) in [5.74, 6) is 1.40. The number of carbonyl (C=O) groups is 1. The maximum Gasteiger partial charge on any atom is 0.240 e. The van der Waals surface area contributed by atoms with E-state index in [2.05, 4.69) is 31.1 Å². The number of nitrogens with two attached hydrogens (primary N) is 1. The van der Waals surface area contributed by atoms with Gasteiger partial charge in [0.2, 0.25) is 5.91 Å². The number of nitrogens with one attached hydrogen (secondary N) is 1. The van der Waals surface area contributed by atoms with Crippen LogP contribution < -0.4 is 11.1 Å². The van der Waals surface area contributed by atoms with Crippen molar-refractivity contribution in [2.45, 2.75) is 46.6 Å². The van der Waals surface area contributed by atoms with Crippen molar-refractivity contribution in [3.63, 3.8) is 0 Å². The van der Waals surface area contributed by atoms with E-state index in [1.54, 1.807) is 0 Å². The van der Waals surface area contributed by atoms with Crippen molar-refractivity contribution >= 4 is 22.6 Å². The molecule has 0 atom stereocenters. The number of hydrogen-bond donors (Lipinski definition) is 2. The summed E-state index contributed by atoms with van der Waals surface area (Å²) in [5.41, 5.74) is 8.42. The lowest BCUT2D eigenvalue weighted by Gasteiger charge is -2.11. The summed E-state index contributed by atoms with van der Waals surface area (Å²) in [4.78, 5) is 16.8. The third-order valence-electron chi connectivity index (χ3n) is 3.65. The first-order valence-corrected chi connectivity index (χ1v) is 8.03. The van der Waals surface area contributed by atoms with Crippen LogP contribution in [0.3, 0.4) is 0 Å². The summed E-state index contributed by atoms with van der Waals surface area (Å²) in [7, 11) is 0. The summed E-state index contributed by atoms with van der Waals surface area (Å²) < 4.78 is 2.00. The van der Waals surface area contributed by atoms with Crippen LogP contribution >= 0.6 is 0 Å². The molecule has 2 aromatic rings. The molecule has 0 aliphatic carbocycles. The van der Waals surface area contributed by atoms with E-state index in [4.69, 9.17) is 5.73 Å². The number of nitrogens with zero attached hydrogens (tertiary/aromatic N) is 2. The number of nitrogen functional groups attached to an aromatic ring is 1. The summed E-state index contributed by atoms with van der Waals surface area (Å²) in [6, 6.07) is 5.73. The van der Waals surface area contributed by atoms with Gasteiger partial charge < -0.3 is 15.6 Å². The van der Waals surface area contributed by atoms with Gasteiger partial charge in [-0.2, -0.15) is 0 Å². The molecule has 0 unspecified atom stereocenters. The molecule has 0 saturated heterocycles. The third-order valence-corrected chi connectivity index (χ3v) is 3.65. The fourth-order valence-electron chi connectivity index (χ4n) is 2.44. The zero-order valence-corrected chi connectivity index (χ0v) is 13.7. The first-order chi connectivity index (χ1) is 10.5. The second kappa shape index (κ2) is 7.29. The molecule has 1 aromatic carbocycles. The van der Waals surface area contributed by atoms with Crippen LogP contribution in [0.5, 0.6) is 0 Å². The molecule has 5 nitrogen and oxygen atoms in total. The van der Waals surface area contributed by atoms with Gasteiger partial charge in [-0.1, -0.05) is 33.3 Å². The highest BCUT2D eigenvalue weighted by Crippen LogP contribution is 2.22. The Morgan fingerprint density at radius 1 is 1.41 bits per heavy atom. The molecule has 0 radical (unpaired) electrons. The molecule has 1 amide bonds. The Balaban J connectivity index is 2.28. The first-order valence-electron chi connectivity index (χ1n) is 8.03. The minimum atomic E-state index is 0.0215. The largest absolute Gasteiger partial charge is 0.397 e. The number of aromatic nitrogens is 2. The average Bonchev–Trinajstić information content (AvgIpc) is 2.82. The Morgan fingerprint density at radius 2 is 2.18 bits per heavy atom. The van der Waals surface area contributed by atoms with Gasteiger partial charge in [-0.15, -0.1) is 0 Å². The van der Waals surface area contributed by atoms with Crippen LogP contribution in [-0.2, 0) is 17.8 Å². The van der Waals surface area contributed by atoms with Crippen molar-refractivity contribution < 1.29 is 4.79 Å². The fourth-order valence-corrected chi connectivity index (χ4v) is 2.44. The maximum atomic E-state index is 12.2. The average molecular weight is 302 g/mol. The van der Waals surface area contributed by atoms with E-state index in [-0.39, 0.29) is 5.91 Å². The number of benzene rings is 1. The lowest BCUT2D eigenvalue weighted by molar-refractivity contribution is -0.121. The molecule has 2 rings (SSSR count). The van der Waals surface area contributed by atoms with Crippen molar-refractivity contribution in [1.82, 2.24) is 14.9 Å². The van der Waals surface area contributed by atoms with Crippen molar-refractivity contribution in [2.75, 3.05) is 12.3 Å². The summed E-state index contributed by atoms with van der Waals surface area (Å²) in [6.45, 7) is 7.31. The third kappa shape index (κ3) is 3.78. The van der Waals surface area contributed by atoms with Crippen LogP contribution in [0.1, 0.15) is 39.4 Å². The topological polar surface area (TPSA) is 72.9 Å². The van der Waals surface area contributed by atoms with E-state index in [0.29, 0.717) is 24.7 Å². The van der Waals surface area contributed by atoms with Crippen LogP contribution in [0.15, 0.2) is 18.2 Å². The Morgan fingerprint density at radius 3 is 2.86 bits per heavy atom. The van der Waals surface area contributed by atoms with Crippen molar-refractivity contribution in [3.8, 4) is 0 Å². The van der Waals surface area contributed by atoms with Gasteiger partial charge in [-0.05, 0) is 24.5 Å². The van der Waals surface area contributed by atoms with Gasteiger partial charge >= 0.3 is 0 Å². The van der Waals surface area contributed by atoms with E-state index in [1.165, 1.54) is 0 Å². The molecule has 3 N–H and O–H groups in total. The summed E-state index contributed by atoms with van der Waals surface area (Å²) >= 11 is 0. The molecule has 1 heterocycles. The minimum Gasteiger partial charge on any atom is -0.397 e. The molecule has 120 valence electrons. The fraction of sp³-hybridized carbons (Fsp3) is 0.529. The molecule has 0 fully saturated rings. The predicted octanol–water partition coefficient (Wildman–Crippen LogP) is 2.73. The second-order valence-corrected chi connectivity index (χ2v) is 6.13. The molecule has 1 aromatic heterocycles. The Hall–Kier alpha value is -2.04. The standard InChI is InChI=1S/C17H26N4O/c1-4-5-9-15-20-17-13(18)7-6-8-14(17)21(15)11-16(22)19-10-12(2)3/h6-8,12H,4-5,9-11,18H2,1-3H3,(H,19,22). The Kier molecular flexibility index (Phi) is 5.41. The van der Waals surface area contributed by atoms with Gasteiger partial charge in [0.1, 0.15) is 17.9 Å². The number of hydrogen-bond acceptors (Lipinski definition) is 3. The van der Waals surface area contributed by atoms with Crippen LogP contribution in [-0.4, -0.2) is 22.0 Å². The lowest BCUT2D eigenvalue weighted by atomic mass is 10.2. The number of unbranched alkanes of at least 4 members (excludes halogenated alkanes) is 1. The number of aryl methyl sites for hydroxylation is 1. The predicted molar refractivity (Wildman–Crippen MR) is 90.6 cm³/mol. The van der Waals surface area contributed by atoms with Gasteiger partial charge in [0, 0.05) is 13.0 Å². The maximum absolute atomic E-state index is 12.2. The number of imidazole rings is 1. The van der Waals surface area contributed by atoms with E-state index < -0.39 is 0 Å². The minimum absolute atomic E-state index is 0.0215. The molecular weight excluding hydrogens is 276 g/mol. The van der Waals surface area contributed by atoms with E-state index in [9.17, 15) is 4.79 Å². The molecule has 22 heavy (non-hydrogen) atoms. The van der Waals surface area contributed by atoms with Crippen LogP contribution in [0, 0.1) is 5.92 Å². The number of carbonyl (C=O) groups excluding carboxylic acids is 1. The smallest absolute Gasteiger partial charge is 0.240 e. The molecule has 5 heteroatoms. The molecule has 0 aliphatic rings. The molecular formula is C17H26N4O. The van der Waals surface area contributed by atoms with Crippen LogP contribution in [0.25, 0.3) is 11.0 Å². The summed E-state index contributed by atoms with van der Waals surface area (Å²) in [6.07, 6.45) is 3.01. The Labute approximate surface area is 131 Å². The second-order valence-electron chi connectivity index (χ2n) is 6.13. The van der Waals surface area contributed by atoms with Gasteiger partial charge in [0.05, 0.1) is 11.2 Å². The summed E-state index contributed by atoms with van der Waals surface area (Å²) in [5, 5.41) is 2.96. The monoisotopic (exact) mass is 302 g/mol. The van der Waals surface area contributed by atoms with Gasteiger partial charge in [-0.25, -0.2) is 4.98 Å². The number of amides is 1. The molecule has 0 saturated carbocycles. The molecule has 0 aliphatic heterocycles. The lowest BCUT2D eigenvalue weighted by Crippen LogP contribution is -2.31. The Bertz CT molecular complexity index is 645. The SMILES string of the molecule is CCCCc1nc2c(N)cccc2n1CC(=O)NCC(C)C. The van der Waals surface area contributed by atoms with Gasteiger partial charge in [-0.3, -0.25) is 4.79 Å². The van der Waals surface area contributed by atoms with Gasteiger partial charge in [0.25, 0.3) is 0 Å². The zero-order valence-electron chi connectivity index (χ0n) is 13.7. The number of anilines is 1. The first kappa shape index (κ1) is 16.3. The number of rotatable bonds is 7. The van der Waals surface area contributed by atoms with Crippen LogP contribution in [0.2, 0.25) is 0 Å². The van der Waals surface area contributed by atoms with Crippen LogP contribution in [0.4, 0.5) is 5.69 Å². The van der Waals surface area contributed by atoms with E-state index in [1.807, 2.05) is 22.8 Å². The van der Waals surface area contributed by atoms with Crippen molar-refractivity contribution in [3.05, 3.63) is 24.0 Å². The van der Waals surface area contributed by atoms with E-state index >= 15 is 0 Å².